The Morgan fingerprint density at radius 3 is 2.27 bits per heavy atom. The molecule has 0 fully saturated rings. The fourth-order valence-corrected chi connectivity index (χ4v) is 2.98. The second-order valence-corrected chi connectivity index (χ2v) is 6.12. The molecule has 0 aromatic heterocycles. The fourth-order valence-electron chi connectivity index (χ4n) is 2.64. The lowest BCUT2D eigenvalue weighted by atomic mass is 9.96. The molecule has 4 nitrogen and oxygen atoms in total. The largest absolute Gasteiger partial charge is 0.496 e. The molecule has 2 rings (SSSR count). The molecule has 0 aliphatic heterocycles. The number of hydrogen-bond donors (Lipinski definition) is 3. The zero-order chi connectivity index (χ0) is 19.5. The van der Waals surface area contributed by atoms with Crippen molar-refractivity contribution in [3.05, 3.63) is 53.6 Å². The first-order chi connectivity index (χ1) is 12.5. The average molecular weight is 376 g/mol. The van der Waals surface area contributed by atoms with E-state index in [9.17, 15) is 4.79 Å². The third kappa shape index (κ3) is 6.07. The van der Waals surface area contributed by atoms with Crippen LogP contribution in [0, 0.1) is 0 Å². The van der Waals surface area contributed by atoms with Crippen LogP contribution < -0.4 is 10.1 Å². The van der Waals surface area contributed by atoms with Crippen LogP contribution in [0.25, 0.3) is 11.1 Å². The van der Waals surface area contributed by atoms with Crippen molar-refractivity contribution < 1.29 is 14.6 Å². The van der Waals surface area contributed by atoms with Crippen molar-refractivity contribution in [3.8, 4) is 16.9 Å². The molecule has 2 aromatic rings. The molecular weight excluding hydrogens is 346 g/mol. The van der Waals surface area contributed by atoms with Crippen LogP contribution in [0.1, 0.15) is 25.0 Å². The molecular formula is C21H29NO3S. The number of aliphatic carboxylic acids is 1. The van der Waals surface area contributed by atoms with Gasteiger partial charge in [0.25, 0.3) is 0 Å². The number of carboxylic acid groups (broad SMARTS) is 1. The molecule has 0 aliphatic rings. The standard InChI is InChI=1S/C17H20O.C4H9NO2S/c1-4-13-10-11-15(12-14(13)5-2)16-8-6-7-9-17(16)18-3;1-5-3(2-8)4(6)7/h6-12H,4-5H2,1-3H3;3,5,8H,2H2,1H3,(H,6,7)/t;3-/m.1/s1. The van der Waals surface area contributed by atoms with Crippen LogP contribution in [0.4, 0.5) is 0 Å². The SMILES string of the molecule is CCc1ccc(-c2ccccc2OC)cc1CC.CN[C@H](CS)C(=O)O. The number of thiol groups is 1. The summed E-state index contributed by atoms with van der Waals surface area (Å²) in [5.41, 5.74) is 5.27. The second kappa shape index (κ2) is 11.6. The molecule has 0 bridgehead atoms. The van der Waals surface area contributed by atoms with Crippen molar-refractivity contribution in [2.24, 2.45) is 0 Å². The quantitative estimate of drug-likeness (QED) is 0.639. The molecule has 0 radical (unpaired) electrons. The van der Waals surface area contributed by atoms with E-state index in [-0.39, 0.29) is 0 Å². The molecule has 0 saturated carbocycles. The number of hydrogen-bond acceptors (Lipinski definition) is 4. The Labute approximate surface area is 162 Å². The van der Waals surface area contributed by atoms with E-state index in [4.69, 9.17) is 9.84 Å². The highest BCUT2D eigenvalue weighted by atomic mass is 32.1. The molecule has 26 heavy (non-hydrogen) atoms. The van der Waals surface area contributed by atoms with Gasteiger partial charge in [-0.15, -0.1) is 0 Å². The summed E-state index contributed by atoms with van der Waals surface area (Å²) < 4.78 is 5.43. The van der Waals surface area contributed by atoms with Crippen LogP contribution in [0.3, 0.4) is 0 Å². The zero-order valence-corrected chi connectivity index (χ0v) is 16.8. The van der Waals surface area contributed by atoms with Gasteiger partial charge in [0.05, 0.1) is 7.11 Å². The summed E-state index contributed by atoms with van der Waals surface area (Å²) in [7, 11) is 3.31. The number of carboxylic acids is 1. The van der Waals surface area contributed by atoms with E-state index < -0.39 is 12.0 Å². The Kier molecular flexibility index (Phi) is 9.84. The van der Waals surface area contributed by atoms with Gasteiger partial charge in [0.15, 0.2) is 0 Å². The highest BCUT2D eigenvalue weighted by Crippen LogP contribution is 2.31. The maximum absolute atomic E-state index is 10.1. The van der Waals surface area contributed by atoms with E-state index in [1.807, 2.05) is 12.1 Å². The van der Waals surface area contributed by atoms with Crippen molar-refractivity contribution in [2.45, 2.75) is 32.7 Å². The lowest BCUT2D eigenvalue weighted by molar-refractivity contribution is -0.138. The molecule has 1 atom stereocenters. The summed E-state index contributed by atoms with van der Waals surface area (Å²) in [6, 6.07) is 14.4. The van der Waals surface area contributed by atoms with Gasteiger partial charge in [-0.25, -0.2) is 0 Å². The van der Waals surface area contributed by atoms with Gasteiger partial charge in [-0.05, 0) is 42.6 Å². The van der Waals surface area contributed by atoms with Crippen LogP contribution in [0.15, 0.2) is 42.5 Å². The van der Waals surface area contributed by atoms with Gasteiger partial charge >= 0.3 is 5.97 Å². The minimum absolute atomic E-state index is 0.325. The number of methoxy groups -OCH3 is 1. The van der Waals surface area contributed by atoms with Crippen LogP contribution >= 0.6 is 12.6 Å². The van der Waals surface area contributed by atoms with Crippen molar-refractivity contribution in [3.63, 3.8) is 0 Å². The Bertz CT molecular complexity index is 699. The van der Waals surface area contributed by atoms with E-state index >= 15 is 0 Å². The number of rotatable bonds is 7. The number of nitrogens with one attached hydrogen (secondary N) is 1. The van der Waals surface area contributed by atoms with E-state index in [1.54, 1.807) is 14.2 Å². The van der Waals surface area contributed by atoms with Crippen molar-refractivity contribution in [1.82, 2.24) is 5.32 Å². The number of para-hydroxylation sites is 1. The average Bonchev–Trinajstić information content (AvgIpc) is 2.68. The van der Waals surface area contributed by atoms with Gasteiger partial charge in [0.1, 0.15) is 11.8 Å². The maximum atomic E-state index is 10.1. The molecule has 5 heteroatoms. The molecule has 0 aliphatic carbocycles. The summed E-state index contributed by atoms with van der Waals surface area (Å²) >= 11 is 3.79. The van der Waals surface area contributed by atoms with Gasteiger partial charge in [0, 0.05) is 11.3 Å². The molecule has 142 valence electrons. The number of aryl methyl sites for hydroxylation is 2. The van der Waals surface area contributed by atoms with Crippen LogP contribution in [0.5, 0.6) is 5.75 Å². The van der Waals surface area contributed by atoms with Crippen molar-refractivity contribution in [1.29, 1.82) is 0 Å². The third-order valence-corrected chi connectivity index (χ3v) is 4.58. The fraction of sp³-hybridized carbons (Fsp3) is 0.381. The molecule has 0 spiro atoms. The summed E-state index contributed by atoms with van der Waals surface area (Å²) in [4.78, 5) is 10.1. The number of likely N-dealkylation sites (N-methyl/N-ethyl adjacent to an activating group) is 1. The minimum Gasteiger partial charge on any atom is -0.496 e. The lowest BCUT2D eigenvalue weighted by Crippen LogP contribution is -2.35. The van der Waals surface area contributed by atoms with Crippen molar-refractivity contribution >= 4 is 18.6 Å². The predicted molar refractivity (Wildman–Crippen MR) is 112 cm³/mol. The Morgan fingerprint density at radius 1 is 1.15 bits per heavy atom. The molecule has 2 N–H and O–H groups in total. The number of carbonyl (C=O) groups is 1. The first kappa shape index (κ1) is 22.1. The summed E-state index contributed by atoms with van der Waals surface area (Å²) in [6.45, 7) is 4.41. The molecule has 0 heterocycles. The van der Waals surface area contributed by atoms with Gasteiger partial charge in [-0.2, -0.15) is 12.6 Å². The lowest BCUT2D eigenvalue weighted by Gasteiger charge is -2.12. The van der Waals surface area contributed by atoms with Crippen molar-refractivity contribution in [2.75, 3.05) is 19.9 Å². The van der Waals surface area contributed by atoms with Crippen LogP contribution in [-0.4, -0.2) is 37.0 Å². The topological polar surface area (TPSA) is 58.6 Å². The van der Waals surface area contributed by atoms with Gasteiger partial charge in [-0.1, -0.05) is 50.2 Å². The monoisotopic (exact) mass is 375 g/mol. The first-order valence-corrected chi connectivity index (χ1v) is 9.41. The second-order valence-electron chi connectivity index (χ2n) is 5.75. The maximum Gasteiger partial charge on any atom is 0.321 e. The normalized spacial score (nSPS) is 11.3. The third-order valence-electron chi connectivity index (χ3n) is 4.22. The van der Waals surface area contributed by atoms with E-state index in [2.05, 4.69) is 62.1 Å². The van der Waals surface area contributed by atoms with Crippen LogP contribution in [0.2, 0.25) is 0 Å². The minimum atomic E-state index is -0.859. The van der Waals surface area contributed by atoms with Gasteiger partial charge in [-0.3, -0.25) is 4.79 Å². The molecule has 2 aromatic carbocycles. The Hall–Kier alpha value is -1.98. The smallest absolute Gasteiger partial charge is 0.321 e. The van der Waals surface area contributed by atoms with Gasteiger partial charge in [0.2, 0.25) is 0 Å². The number of ether oxygens (including phenoxy) is 1. The van der Waals surface area contributed by atoms with Gasteiger partial charge < -0.3 is 15.2 Å². The summed E-state index contributed by atoms with van der Waals surface area (Å²) in [5, 5.41) is 10.8. The van der Waals surface area contributed by atoms with E-state index in [1.165, 1.54) is 16.7 Å². The van der Waals surface area contributed by atoms with Crippen LogP contribution in [-0.2, 0) is 17.6 Å². The Balaban J connectivity index is 0.000000359. The molecule has 0 unspecified atom stereocenters. The molecule has 0 amide bonds. The highest BCUT2D eigenvalue weighted by molar-refractivity contribution is 7.80. The first-order valence-electron chi connectivity index (χ1n) is 8.78. The zero-order valence-electron chi connectivity index (χ0n) is 16.0. The van der Waals surface area contributed by atoms with E-state index in [0.29, 0.717) is 5.75 Å². The summed E-state index contributed by atoms with van der Waals surface area (Å²) in [5.74, 6) is 0.401. The molecule has 0 saturated heterocycles. The Morgan fingerprint density at radius 2 is 1.81 bits per heavy atom. The summed E-state index contributed by atoms with van der Waals surface area (Å²) in [6.07, 6.45) is 2.17. The highest BCUT2D eigenvalue weighted by Gasteiger charge is 2.10. The predicted octanol–water partition coefficient (Wildman–Crippen LogP) is 4.08. The van der Waals surface area contributed by atoms with E-state index in [0.717, 1.165) is 24.2 Å². The number of benzene rings is 2.